The van der Waals surface area contributed by atoms with Gasteiger partial charge in [-0.1, -0.05) is 30.3 Å². The number of fused-ring (bicyclic) bond motifs is 1. The lowest BCUT2D eigenvalue weighted by Gasteiger charge is -2.29. The maximum absolute atomic E-state index is 12.5. The minimum atomic E-state index is -0.770. The van der Waals surface area contributed by atoms with Crippen LogP contribution in [0.3, 0.4) is 0 Å². The number of nitriles is 1. The second kappa shape index (κ2) is 7.37. The quantitative estimate of drug-likeness (QED) is 0.802. The molecule has 8 nitrogen and oxygen atoms in total. The molecule has 0 spiro atoms. The van der Waals surface area contributed by atoms with E-state index >= 15 is 0 Å². The van der Waals surface area contributed by atoms with Gasteiger partial charge < -0.3 is 20.9 Å². The summed E-state index contributed by atoms with van der Waals surface area (Å²) in [5.41, 5.74) is 13.0. The molecule has 1 aliphatic rings. The molecule has 4 N–H and O–H groups in total. The SMILES string of the molecule is N#Cc1c(-c2ccccc2)nc2n1CCN(C(=O)[C@@H](N)CCC(N)=O)C2. The molecule has 8 heteroatoms. The van der Waals surface area contributed by atoms with Crippen LogP contribution >= 0.6 is 0 Å². The van der Waals surface area contributed by atoms with Crippen LogP contribution in [0, 0.1) is 11.3 Å². The molecule has 0 saturated heterocycles. The Kier molecular flexibility index (Phi) is 5.00. The second-order valence-electron chi connectivity index (χ2n) is 6.23. The van der Waals surface area contributed by atoms with Gasteiger partial charge >= 0.3 is 0 Å². The van der Waals surface area contributed by atoms with Gasteiger partial charge in [0.1, 0.15) is 23.3 Å². The van der Waals surface area contributed by atoms with Gasteiger partial charge in [0, 0.05) is 25.1 Å². The van der Waals surface area contributed by atoms with Gasteiger partial charge in [0.2, 0.25) is 11.8 Å². The first kappa shape index (κ1) is 17.6. The number of hydrogen-bond donors (Lipinski definition) is 2. The van der Waals surface area contributed by atoms with Gasteiger partial charge in [0.25, 0.3) is 0 Å². The van der Waals surface area contributed by atoms with Crippen molar-refractivity contribution in [1.29, 1.82) is 5.26 Å². The third-order valence-corrected chi connectivity index (χ3v) is 4.46. The first-order valence-electron chi connectivity index (χ1n) is 8.39. The second-order valence-corrected chi connectivity index (χ2v) is 6.23. The number of hydrogen-bond acceptors (Lipinski definition) is 5. The number of benzene rings is 1. The van der Waals surface area contributed by atoms with Crippen molar-refractivity contribution in [3.8, 4) is 17.3 Å². The summed E-state index contributed by atoms with van der Waals surface area (Å²) in [5.74, 6) is -0.0593. The molecule has 0 radical (unpaired) electrons. The fraction of sp³-hybridized carbons (Fsp3) is 0.333. The molecule has 2 heterocycles. The maximum atomic E-state index is 12.5. The molecule has 2 amide bonds. The Bertz CT molecular complexity index is 868. The number of amides is 2. The van der Waals surface area contributed by atoms with Crippen LogP contribution in [0.4, 0.5) is 0 Å². The highest BCUT2D eigenvalue weighted by Crippen LogP contribution is 2.26. The molecule has 2 aromatic rings. The minimum Gasteiger partial charge on any atom is -0.370 e. The zero-order valence-corrected chi connectivity index (χ0v) is 14.3. The molecule has 1 aromatic carbocycles. The van der Waals surface area contributed by atoms with Gasteiger partial charge in [-0.15, -0.1) is 0 Å². The maximum Gasteiger partial charge on any atom is 0.239 e. The number of rotatable bonds is 5. The third-order valence-electron chi connectivity index (χ3n) is 4.46. The summed E-state index contributed by atoms with van der Waals surface area (Å²) in [6, 6.07) is 10.9. The summed E-state index contributed by atoms with van der Waals surface area (Å²) in [7, 11) is 0. The average molecular weight is 352 g/mol. The smallest absolute Gasteiger partial charge is 0.239 e. The van der Waals surface area contributed by atoms with E-state index in [0.717, 1.165) is 5.56 Å². The summed E-state index contributed by atoms with van der Waals surface area (Å²) in [4.78, 5) is 29.6. The summed E-state index contributed by atoms with van der Waals surface area (Å²) in [5, 5.41) is 9.55. The van der Waals surface area contributed by atoms with Gasteiger partial charge in [-0.25, -0.2) is 4.98 Å². The largest absolute Gasteiger partial charge is 0.370 e. The van der Waals surface area contributed by atoms with E-state index in [-0.39, 0.29) is 25.3 Å². The highest BCUT2D eigenvalue weighted by molar-refractivity contribution is 5.83. The van der Waals surface area contributed by atoms with E-state index in [9.17, 15) is 14.9 Å². The zero-order chi connectivity index (χ0) is 18.7. The molecular formula is C18H20N6O2. The molecule has 0 fully saturated rings. The lowest BCUT2D eigenvalue weighted by atomic mass is 10.1. The summed E-state index contributed by atoms with van der Waals surface area (Å²) in [6.45, 7) is 1.20. The zero-order valence-electron chi connectivity index (χ0n) is 14.3. The Labute approximate surface area is 151 Å². The normalized spacial score (nSPS) is 14.4. The molecule has 1 aromatic heterocycles. The predicted octanol–water partition coefficient (Wildman–Crippen LogP) is 0.357. The van der Waals surface area contributed by atoms with Gasteiger partial charge in [-0.05, 0) is 6.42 Å². The lowest BCUT2D eigenvalue weighted by molar-refractivity contribution is -0.134. The van der Waals surface area contributed by atoms with Gasteiger partial charge in [0.05, 0.1) is 12.6 Å². The number of carbonyl (C=O) groups is 2. The average Bonchev–Trinajstić information content (AvgIpc) is 3.03. The standard InChI is InChI=1S/C18H20N6O2/c19-10-14-17(12-4-2-1-3-5-12)22-16-11-23(8-9-24(14)16)18(26)13(20)6-7-15(21)25/h1-5,13H,6-9,11,20H2,(H2,21,25)/t13-/m0/s1. The van der Waals surface area contributed by atoms with Crippen LogP contribution in [0.2, 0.25) is 0 Å². The van der Waals surface area contributed by atoms with E-state index in [2.05, 4.69) is 11.1 Å². The van der Waals surface area contributed by atoms with Gasteiger partial charge in [-0.2, -0.15) is 5.26 Å². The van der Waals surface area contributed by atoms with Crippen molar-refractivity contribution in [2.75, 3.05) is 6.54 Å². The van der Waals surface area contributed by atoms with E-state index in [4.69, 9.17) is 11.5 Å². The van der Waals surface area contributed by atoms with Crippen molar-refractivity contribution in [2.24, 2.45) is 11.5 Å². The molecule has 1 aliphatic heterocycles. The van der Waals surface area contributed by atoms with Crippen molar-refractivity contribution >= 4 is 11.8 Å². The summed E-state index contributed by atoms with van der Waals surface area (Å²) >= 11 is 0. The number of primary amides is 1. The lowest BCUT2D eigenvalue weighted by Crippen LogP contribution is -2.47. The number of nitrogens with two attached hydrogens (primary N) is 2. The topological polar surface area (TPSA) is 131 Å². The van der Waals surface area contributed by atoms with Crippen molar-refractivity contribution in [3.63, 3.8) is 0 Å². The molecule has 0 unspecified atom stereocenters. The molecule has 0 aliphatic carbocycles. The number of aromatic nitrogens is 2. The number of imidazole rings is 1. The van der Waals surface area contributed by atoms with Gasteiger partial charge in [-0.3, -0.25) is 9.59 Å². The van der Waals surface area contributed by atoms with E-state index in [1.165, 1.54) is 0 Å². The van der Waals surface area contributed by atoms with Crippen LogP contribution in [0.25, 0.3) is 11.3 Å². The van der Waals surface area contributed by atoms with Crippen LogP contribution in [-0.2, 0) is 22.7 Å². The Morgan fingerprint density at radius 2 is 2.00 bits per heavy atom. The van der Waals surface area contributed by atoms with E-state index < -0.39 is 11.9 Å². The minimum absolute atomic E-state index is 0.0755. The highest BCUT2D eigenvalue weighted by atomic mass is 16.2. The number of nitrogens with zero attached hydrogens (tertiary/aromatic N) is 4. The van der Waals surface area contributed by atoms with Crippen LogP contribution in [0.15, 0.2) is 30.3 Å². The monoisotopic (exact) mass is 352 g/mol. The summed E-state index contributed by atoms with van der Waals surface area (Å²) in [6.07, 6.45) is 0.296. The van der Waals surface area contributed by atoms with Crippen molar-refractivity contribution in [1.82, 2.24) is 14.5 Å². The Balaban J connectivity index is 1.81. The van der Waals surface area contributed by atoms with E-state index in [1.807, 2.05) is 34.9 Å². The first-order chi connectivity index (χ1) is 12.5. The van der Waals surface area contributed by atoms with Crippen molar-refractivity contribution in [3.05, 3.63) is 41.9 Å². The third kappa shape index (κ3) is 3.43. The molecule has 3 rings (SSSR count). The van der Waals surface area contributed by atoms with Gasteiger partial charge in [0.15, 0.2) is 0 Å². The van der Waals surface area contributed by atoms with Crippen LogP contribution in [-0.4, -0.2) is 38.9 Å². The Hall–Kier alpha value is -3.18. The number of carbonyl (C=O) groups excluding carboxylic acids is 2. The molecule has 26 heavy (non-hydrogen) atoms. The van der Waals surface area contributed by atoms with Crippen LogP contribution < -0.4 is 11.5 Å². The fourth-order valence-electron chi connectivity index (χ4n) is 3.09. The van der Waals surface area contributed by atoms with E-state index in [1.54, 1.807) is 4.90 Å². The van der Waals surface area contributed by atoms with E-state index in [0.29, 0.717) is 30.3 Å². The Morgan fingerprint density at radius 1 is 1.27 bits per heavy atom. The molecule has 0 saturated carbocycles. The Morgan fingerprint density at radius 3 is 2.65 bits per heavy atom. The molecule has 134 valence electrons. The summed E-state index contributed by atoms with van der Waals surface area (Å²) < 4.78 is 1.85. The van der Waals surface area contributed by atoms with Crippen molar-refractivity contribution < 1.29 is 9.59 Å². The van der Waals surface area contributed by atoms with Crippen LogP contribution in [0.5, 0.6) is 0 Å². The molecular weight excluding hydrogens is 332 g/mol. The fourth-order valence-corrected chi connectivity index (χ4v) is 3.09. The van der Waals surface area contributed by atoms with Crippen molar-refractivity contribution in [2.45, 2.75) is 32.0 Å². The van der Waals surface area contributed by atoms with Crippen LogP contribution in [0.1, 0.15) is 24.4 Å². The predicted molar refractivity (Wildman–Crippen MR) is 94.2 cm³/mol. The molecule has 0 bridgehead atoms. The first-order valence-corrected chi connectivity index (χ1v) is 8.39. The highest BCUT2D eigenvalue weighted by Gasteiger charge is 2.29. The molecule has 1 atom stereocenters.